The molecule has 3 N–H and O–H groups in total. The molecule has 1 heterocycles. The van der Waals surface area contributed by atoms with E-state index in [1.165, 1.54) is 24.4 Å². The lowest BCUT2D eigenvalue weighted by Crippen LogP contribution is -2.16. The van der Waals surface area contributed by atoms with Crippen molar-refractivity contribution in [2.45, 2.75) is 6.61 Å². The van der Waals surface area contributed by atoms with Crippen molar-refractivity contribution >= 4 is 23.1 Å². The van der Waals surface area contributed by atoms with E-state index in [0.29, 0.717) is 17.0 Å². The van der Waals surface area contributed by atoms with Crippen LogP contribution in [0.1, 0.15) is 11.3 Å². The van der Waals surface area contributed by atoms with E-state index in [4.69, 9.17) is 27.5 Å². The van der Waals surface area contributed by atoms with Crippen molar-refractivity contribution in [3.63, 3.8) is 0 Å². The molecule has 0 fully saturated rings. The molecule has 21 heavy (non-hydrogen) atoms. The molecule has 2 aromatic rings. The fourth-order valence-corrected chi connectivity index (χ4v) is 1.90. The van der Waals surface area contributed by atoms with Crippen LogP contribution in [0.3, 0.4) is 0 Å². The number of pyridine rings is 1. The molecule has 0 unspecified atom stereocenters. The van der Waals surface area contributed by atoms with Crippen molar-refractivity contribution in [2.24, 2.45) is 5.73 Å². The third-order valence-electron chi connectivity index (χ3n) is 2.66. The normalized spacial score (nSPS) is 10.1. The molecule has 0 spiro atoms. The molecule has 2 rings (SSSR count). The number of non-ortho nitro benzene ring substituents is 1. The monoisotopic (exact) mass is 306 g/mol. The summed E-state index contributed by atoms with van der Waals surface area (Å²) in [7, 11) is 0. The lowest BCUT2D eigenvalue weighted by molar-refractivity contribution is -0.384. The van der Waals surface area contributed by atoms with Crippen LogP contribution in [0.5, 0.6) is 5.75 Å². The van der Waals surface area contributed by atoms with E-state index >= 15 is 0 Å². The van der Waals surface area contributed by atoms with Gasteiger partial charge in [0.1, 0.15) is 23.9 Å². The first-order valence-electron chi connectivity index (χ1n) is 5.84. The van der Waals surface area contributed by atoms with Gasteiger partial charge in [0.25, 0.3) is 5.69 Å². The highest BCUT2D eigenvalue weighted by molar-refractivity contribution is 6.32. The highest BCUT2D eigenvalue weighted by atomic mass is 35.5. The van der Waals surface area contributed by atoms with Gasteiger partial charge >= 0.3 is 0 Å². The third kappa shape index (κ3) is 3.46. The summed E-state index contributed by atoms with van der Waals surface area (Å²) >= 11 is 5.93. The quantitative estimate of drug-likeness (QED) is 0.381. The van der Waals surface area contributed by atoms with Crippen molar-refractivity contribution in [1.82, 2.24) is 4.98 Å². The van der Waals surface area contributed by atoms with Crippen LogP contribution in [0.2, 0.25) is 5.02 Å². The minimum absolute atomic E-state index is 0.0975. The summed E-state index contributed by atoms with van der Waals surface area (Å²) < 4.78 is 5.50. The number of nitrogens with zero attached hydrogens (tertiary/aromatic N) is 2. The number of nitro benzene ring substituents is 1. The number of hydrogen-bond acceptors (Lipinski definition) is 5. The Morgan fingerprint density at radius 3 is 2.86 bits per heavy atom. The van der Waals surface area contributed by atoms with E-state index in [1.54, 1.807) is 12.1 Å². The number of nitro groups is 1. The highest BCUT2D eigenvalue weighted by Crippen LogP contribution is 2.29. The molecule has 0 saturated carbocycles. The summed E-state index contributed by atoms with van der Waals surface area (Å²) in [4.78, 5) is 14.1. The lowest BCUT2D eigenvalue weighted by Gasteiger charge is -2.10. The molecule has 0 bridgehead atoms. The zero-order chi connectivity index (χ0) is 15.4. The van der Waals surface area contributed by atoms with E-state index in [-0.39, 0.29) is 23.2 Å². The van der Waals surface area contributed by atoms with Crippen LogP contribution in [0, 0.1) is 15.5 Å². The summed E-state index contributed by atoms with van der Waals surface area (Å²) in [6.07, 6.45) is 1.53. The summed E-state index contributed by atoms with van der Waals surface area (Å²) in [5, 5.41) is 18.2. The molecule has 1 aromatic carbocycles. The maximum Gasteiger partial charge on any atom is 0.271 e. The fraction of sp³-hybridized carbons (Fsp3) is 0.0769. The maximum absolute atomic E-state index is 10.6. The number of halogens is 1. The summed E-state index contributed by atoms with van der Waals surface area (Å²) in [6.45, 7) is 0.0975. The van der Waals surface area contributed by atoms with Gasteiger partial charge in [-0.3, -0.25) is 20.5 Å². The molecular formula is C13H11ClN4O3. The number of aromatic nitrogens is 1. The molecule has 0 aliphatic carbocycles. The van der Waals surface area contributed by atoms with Gasteiger partial charge in [0, 0.05) is 23.9 Å². The molecule has 0 aliphatic heterocycles. The Kier molecular flexibility index (Phi) is 4.34. The second kappa shape index (κ2) is 6.19. The minimum Gasteiger partial charge on any atom is -0.487 e. The van der Waals surface area contributed by atoms with Crippen molar-refractivity contribution < 1.29 is 9.66 Å². The Hall–Kier alpha value is -2.67. The van der Waals surface area contributed by atoms with Gasteiger partial charge in [-0.1, -0.05) is 17.7 Å². The van der Waals surface area contributed by atoms with Crippen molar-refractivity contribution in [3.8, 4) is 5.75 Å². The van der Waals surface area contributed by atoms with Crippen LogP contribution in [-0.4, -0.2) is 15.7 Å². The van der Waals surface area contributed by atoms with Crippen LogP contribution in [0.4, 0.5) is 5.69 Å². The van der Waals surface area contributed by atoms with Crippen LogP contribution in [-0.2, 0) is 6.61 Å². The number of nitrogens with two attached hydrogens (primary N) is 1. The Morgan fingerprint density at radius 1 is 1.48 bits per heavy atom. The molecule has 0 aliphatic rings. The zero-order valence-electron chi connectivity index (χ0n) is 10.7. The van der Waals surface area contributed by atoms with Gasteiger partial charge in [-0.15, -0.1) is 0 Å². The van der Waals surface area contributed by atoms with Crippen molar-refractivity contribution in [1.29, 1.82) is 5.41 Å². The Morgan fingerprint density at radius 2 is 2.24 bits per heavy atom. The van der Waals surface area contributed by atoms with E-state index in [2.05, 4.69) is 4.98 Å². The van der Waals surface area contributed by atoms with Gasteiger partial charge < -0.3 is 10.5 Å². The predicted molar refractivity (Wildman–Crippen MR) is 77.7 cm³/mol. The van der Waals surface area contributed by atoms with Crippen LogP contribution in [0.15, 0.2) is 36.5 Å². The number of ether oxygens (including phenoxy) is 1. The zero-order valence-corrected chi connectivity index (χ0v) is 11.5. The van der Waals surface area contributed by atoms with Gasteiger partial charge in [0.15, 0.2) is 0 Å². The summed E-state index contributed by atoms with van der Waals surface area (Å²) in [5.41, 5.74) is 6.27. The van der Waals surface area contributed by atoms with Crippen molar-refractivity contribution in [2.75, 3.05) is 0 Å². The van der Waals surface area contributed by atoms with E-state index in [0.717, 1.165) is 0 Å². The topological polar surface area (TPSA) is 115 Å². The average molecular weight is 307 g/mol. The van der Waals surface area contributed by atoms with Gasteiger partial charge in [-0.05, 0) is 12.1 Å². The Balaban J connectivity index is 2.17. The second-order valence-corrected chi connectivity index (χ2v) is 4.49. The molecule has 7 nitrogen and oxygen atoms in total. The van der Waals surface area contributed by atoms with E-state index in [9.17, 15) is 10.1 Å². The molecule has 0 saturated heterocycles. The highest BCUT2D eigenvalue weighted by Gasteiger charge is 2.12. The molecular weight excluding hydrogens is 296 g/mol. The first-order valence-corrected chi connectivity index (χ1v) is 6.22. The fourth-order valence-electron chi connectivity index (χ4n) is 1.67. The SMILES string of the molecule is N=C(N)c1ncccc1COc1ccc([N+](=O)[O-])cc1Cl. The smallest absolute Gasteiger partial charge is 0.271 e. The largest absolute Gasteiger partial charge is 0.487 e. The van der Waals surface area contributed by atoms with Gasteiger partial charge in [-0.2, -0.15) is 0 Å². The molecule has 1 aromatic heterocycles. The molecule has 0 amide bonds. The number of rotatable bonds is 5. The first kappa shape index (κ1) is 14.7. The molecule has 108 valence electrons. The van der Waals surface area contributed by atoms with Crippen LogP contribution >= 0.6 is 11.6 Å². The maximum atomic E-state index is 10.6. The molecule has 0 atom stereocenters. The number of nitrogen functional groups attached to an aromatic ring is 1. The molecule has 0 radical (unpaired) electrons. The van der Waals surface area contributed by atoms with Gasteiger partial charge in [0.05, 0.1) is 9.95 Å². The first-order chi connectivity index (χ1) is 9.99. The Bertz CT molecular complexity index is 706. The summed E-state index contributed by atoms with van der Waals surface area (Å²) in [6, 6.07) is 7.36. The number of amidine groups is 1. The number of nitrogens with one attached hydrogen (secondary N) is 1. The lowest BCUT2D eigenvalue weighted by atomic mass is 10.2. The Labute approximate surface area is 125 Å². The third-order valence-corrected chi connectivity index (χ3v) is 2.95. The van der Waals surface area contributed by atoms with Crippen LogP contribution in [0.25, 0.3) is 0 Å². The van der Waals surface area contributed by atoms with Crippen LogP contribution < -0.4 is 10.5 Å². The number of hydrogen-bond donors (Lipinski definition) is 2. The van der Waals surface area contributed by atoms with E-state index in [1.807, 2.05) is 0 Å². The van der Waals surface area contributed by atoms with Crippen molar-refractivity contribution in [3.05, 3.63) is 62.9 Å². The predicted octanol–water partition coefficient (Wildman–Crippen LogP) is 2.51. The summed E-state index contributed by atoms with van der Waals surface area (Å²) in [5.74, 6) is 0.143. The second-order valence-electron chi connectivity index (χ2n) is 4.09. The van der Waals surface area contributed by atoms with Gasteiger partial charge in [-0.25, -0.2) is 0 Å². The average Bonchev–Trinajstić information content (AvgIpc) is 2.46. The standard InChI is InChI=1S/C13H11ClN4O3/c14-10-6-9(18(19)20)3-4-11(10)21-7-8-2-1-5-17-12(8)13(15)16/h1-6H,7H2,(H3,15,16). The minimum atomic E-state index is -0.537. The molecule has 8 heteroatoms. The van der Waals surface area contributed by atoms with Gasteiger partial charge in [0.2, 0.25) is 0 Å². The number of benzene rings is 1. The van der Waals surface area contributed by atoms with E-state index < -0.39 is 4.92 Å².